The number of nitrogens with one attached hydrogen (secondary N) is 2. The van der Waals surface area contributed by atoms with Crippen LogP contribution in [0.2, 0.25) is 5.02 Å². The predicted octanol–water partition coefficient (Wildman–Crippen LogP) is 4.13. The molecule has 0 saturated heterocycles. The second kappa shape index (κ2) is 10.3. The van der Waals surface area contributed by atoms with Gasteiger partial charge in [0.15, 0.2) is 0 Å². The molecule has 0 heterocycles. The van der Waals surface area contributed by atoms with Crippen LogP contribution in [-0.4, -0.2) is 27.0 Å². The van der Waals surface area contributed by atoms with Gasteiger partial charge in [0, 0.05) is 19.5 Å². The van der Waals surface area contributed by atoms with Crippen molar-refractivity contribution < 1.29 is 31.1 Å². The fourth-order valence-corrected chi connectivity index (χ4v) is 4.19. The van der Waals surface area contributed by atoms with Gasteiger partial charge in [-0.1, -0.05) is 29.8 Å². The summed E-state index contributed by atoms with van der Waals surface area (Å²) >= 11 is 5.86. The number of hydrogen-bond acceptors (Lipinski definition) is 4. The van der Waals surface area contributed by atoms with Crippen LogP contribution in [0.25, 0.3) is 0 Å². The molecule has 2 rings (SSSR count). The second-order valence-corrected chi connectivity index (χ2v) is 8.98. The van der Waals surface area contributed by atoms with Crippen molar-refractivity contribution in [2.24, 2.45) is 0 Å². The van der Waals surface area contributed by atoms with Crippen molar-refractivity contribution >= 4 is 27.5 Å². The number of sulfonamides is 1. The molecule has 0 bridgehead atoms. The second-order valence-electron chi connectivity index (χ2n) is 6.84. The Morgan fingerprint density at radius 3 is 2.45 bits per heavy atom. The minimum absolute atomic E-state index is 0.0315. The van der Waals surface area contributed by atoms with Gasteiger partial charge in [-0.2, -0.15) is 13.2 Å². The van der Waals surface area contributed by atoms with Crippen molar-refractivity contribution in [2.75, 3.05) is 6.54 Å². The van der Waals surface area contributed by atoms with Crippen LogP contribution in [0.3, 0.4) is 0 Å². The lowest BCUT2D eigenvalue weighted by Gasteiger charge is -2.17. The van der Waals surface area contributed by atoms with E-state index < -0.39 is 27.7 Å². The van der Waals surface area contributed by atoms with Crippen LogP contribution in [0.1, 0.15) is 31.4 Å². The van der Waals surface area contributed by atoms with Crippen LogP contribution in [0.15, 0.2) is 47.4 Å². The van der Waals surface area contributed by atoms with E-state index >= 15 is 0 Å². The van der Waals surface area contributed by atoms with Crippen molar-refractivity contribution in [2.45, 2.75) is 44.0 Å². The van der Waals surface area contributed by atoms with Gasteiger partial charge in [-0.25, -0.2) is 13.1 Å². The number of hydrogen-bond donors (Lipinski definition) is 2. The summed E-state index contributed by atoms with van der Waals surface area (Å²) < 4.78 is 72.0. The lowest BCUT2D eigenvalue weighted by molar-refractivity contribution is -0.138. The Balaban J connectivity index is 1.96. The van der Waals surface area contributed by atoms with Gasteiger partial charge in [0.05, 0.1) is 16.7 Å². The van der Waals surface area contributed by atoms with Crippen LogP contribution in [-0.2, 0) is 27.5 Å². The molecule has 2 aromatic rings. The number of amides is 1. The standard InChI is InChI=1S/C20H22ClF3N2O4S/c1-13(2)30-15-8-7-14(16(11-15)20(22,23)24)12-25-19(27)9-10-26-31(28,29)18-6-4-3-5-17(18)21/h3-8,11,13,26H,9-10,12H2,1-2H3,(H,25,27). The summed E-state index contributed by atoms with van der Waals surface area (Å²) in [4.78, 5) is 11.9. The van der Waals surface area contributed by atoms with E-state index in [1.807, 2.05) is 0 Å². The molecular formula is C20H22ClF3N2O4S. The largest absolute Gasteiger partial charge is 0.491 e. The summed E-state index contributed by atoms with van der Waals surface area (Å²) in [5.74, 6) is -0.538. The maximum absolute atomic E-state index is 13.4. The van der Waals surface area contributed by atoms with Gasteiger partial charge in [0.1, 0.15) is 10.6 Å². The van der Waals surface area contributed by atoms with Gasteiger partial charge in [-0.3, -0.25) is 4.79 Å². The zero-order valence-corrected chi connectivity index (χ0v) is 18.4. The Labute approximate surface area is 183 Å². The SMILES string of the molecule is CC(C)Oc1ccc(CNC(=O)CCNS(=O)(=O)c2ccccc2Cl)c(C(F)(F)F)c1. The molecule has 0 fully saturated rings. The number of ether oxygens (including phenoxy) is 1. The number of halogens is 4. The third-order valence-electron chi connectivity index (χ3n) is 4.00. The van der Waals surface area contributed by atoms with E-state index in [0.717, 1.165) is 6.07 Å². The van der Waals surface area contributed by atoms with Gasteiger partial charge in [-0.05, 0) is 43.7 Å². The van der Waals surface area contributed by atoms with Gasteiger partial charge >= 0.3 is 6.18 Å². The molecule has 0 unspecified atom stereocenters. The highest BCUT2D eigenvalue weighted by Gasteiger charge is 2.34. The Kier molecular flexibility index (Phi) is 8.33. The number of rotatable bonds is 9. The van der Waals surface area contributed by atoms with Gasteiger partial charge in [-0.15, -0.1) is 0 Å². The third kappa shape index (κ3) is 7.41. The summed E-state index contributed by atoms with van der Waals surface area (Å²) in [5, 5.41) is 2.40. The highest BCUT2D eigenvalue weighted by molar-refractivity contribution is 7.89. The van der Waals surface area contributed by atoms with Gasteiger partial charge in [0.25, 0.3) is 0 Å². The lowest BCUT2D eigenvalue weighted by Crippen LogP contribution is -2.31. The van der Waals surface area contributed by atoms with Crippen LogP contribution < -0.4 is 14.8 Å². The lowest BCUT2D eigenvalue weighted by atomic mass is 10.1. The molecule has 31 heavy (non-hydrogen) atoms. The van der Waals surface area contributed by atoms with Crippen LogP contribution in [0.5, 0.6) is 5.75 Å². The molecule has 11 heteroatoms. The Hall–Kier alpha value is -2.30. The van der Waals surface area contributed by atoms with E-state index in [2.05, 4.69) is 10.0 Å². The molecule has 0 saturated carbocycles. The molecule has 2 aromatic carbocycles. The maximum atomic E-state index is 13.4. The van der Waals surface area contributed by atoms with Crippen molar-refractivity contribution in [3.05, 3.63) is 58.6 Å². The summed E-state index contributed by atoms with van der Waals surface area (Å²) in [6, 6.07) is 9.33. The topological polar surface area (TPSA) is 84.5 Å². The monoisotopic (exact) mass is 478 g/mol. The minimum atomic E-state index is -4.62. The van der Waals surface area contributed by atoms with E-state index in [1.54, 1.807) is 19.9 Å². The van der Waals surface area contributed by atoms with Crippen molar-refractivity contribution in [1.29, 1.82) is 0 Å². The molecular weight excluding hydrogens is 457 g/mol. The molecule has 170 valence electrons. The summed E-state index contributed by atoms with van der Waals surface area (Å²) in [6.07, 6.45) is -5.18. The number of carbonyl (C=O) groups is 1. The Morgan fingerprint density at radius 1 is 1.16 bits per heavy atom. The van der Waals surface area contributed by atoms with Crippen molar-refractivity contribution in [3.8, 4) is 5.75 Å². The summed E-state index contributed by atoms with van der Waals surface area (Å²) in [5.41, 5.74) is -1.04. The first-order valence-corrected chi connectivity index (χ1v) is 11.1. The predicted molar refractivity (Wildman–Crippen MR) is 110 cm³/mol. The molecule has 0 aromatic heterocycles. The smallest absolute Gasteiger partial charge is 0.416 e. The van der Waals surface area contributed by atoms with E-state index in [1.165, 1.54) is 30.3 Å². The van der Waals surface area contributed by atoms with Gasteiger partial charge < -0.3 is 10.1 Å². The molecule has 0 aliphatic rings. The minimum Gasteiger partial charge on any atom is -0.491 e. The average molecular weight is 479 g/mol. The number of benzene rings is 2. The van der Waals surface area contributed by atoms with E-state index in [4.69, 9.17) is 16.3 Å². The maximum Gasteiger partial charge on any atom is 0.416 e. The normalized spacial score (nSPS) is 12.1. The zero-order chi connectivity index (χ0) is 23.2. The van der Waals surface area contributed by atoms with E-state index in [9.17, 15) is 26.4 Å². The molecule has 1 amide bonds. The summed E-state index contributed by atoms with van der Waals surface area (Å²) in [7, 11) is -3.92. The quantitative estimate of drug-likeness (QED) is 0.567. The first kappa shape index (κ1) is 25.0. The van der Waals surface area contributed by atoms with Gasteiger partial charge in [0.2, 0.25) is 15.9 Å². The van der Waals surface area contributed by atoms with Crippen LogP contribution >= 0.6 is 11.6 Å². The fourth-order valence-electron chi connectivity index (χ4n) is 2.64. The fraction of sp³-hybridized carbons (Fsp3) is 0.350. The van der Waals surface area contributed by atoms with Crippen molar-refractivity contribution in [1.82, 2.24) is 10.0 Å². The van der Waals surface area contributed by atoms with E-state index in [-0.39, 0.29) is 46.8 Å². The highest BCUT2D eigenvalue weighted by atomic mass is 35.5. The zero-order valence-electron chi connectivity index (χ0n) is 16.8. The van der Waals surface area contributed by atoms with E-state index in [0.29, 0.717) is 0 Å². The molecule has 0 spiro atoms. The molecule has 6 nitrogen and oxygen atoms in total. The molecule has 2 N–H and O–H groups in total. The first-order valence-electron chi connectivity index (χ1n) is 9.28. The number of carbonyl (C=O) groups excluding carboxylic acids is 1. The molecule has 0 aliphatic carbocycles. The average Bonchev–Trinajstić information content (AvgIpc) is 2.65. The number of alkyl halides is 3. The van der Waals surface area contributed by atoms with Crippen LogP contribution in [0.4, 0.5) is 13.2 Å². The molecule has 0 radical (unpaired) electrons. The Morgan fingerprint density at radius 2 is 1.84 bits per heavy atom. The van der Waals surface area contributed by atoms with Crippen molar-refractivity contribution in [3.63, 3.8) is 0 Å². The highest BCUT2D eigenvalue weighted by Crippen LogP contribution is 2.34. The first-order chi connectivity index (χ1) is 14.4. The molecule has 0 aliphatic heterocycles. The Bertz CT molecular complexity index is 1030. The third-order valence-corrected chi connectivity index (χ3v) is 5.97. The molecule has 0 atom stereocenters. The van der Waals surface area contributed by atoms with Crippen LogP contribution in [0, 0.1) is 0 Å². The summed E-state index contributed by atoms with van der Waals surface area (Å²) in [6.45, 7) is 2.78.